The number of nitrogens with zero attached hydrogens (tertiary/aromatic N) is 1. The smallest absolute Gasteiger partial charge is 0.323 e. The zero-order valence-electron chi connectivity index (χ0n) is 9.94. The Morgan fingerprint density at radius 2 is 1.88 bits per heavy atom. The van der Waals surface area contributed by atoms with Crippen LogP contribution in [0.1, 0.15) is 32.6 Å². The predicted octanol–water partition coefficient (Wildman–Crippen LogP) is -0.0217. The number of carboxylic acids is 1. The van der Waals surface area contributed by atoms with Gasteiger partial charge in [0.05, 0.1) is 6.54 Å². The summed E-state index contributed by atoms with van der Waals surface area (Å²) in [6.07, 6.45) is 3.74. The van der Waals surface area contributed by atoms with Crippen LogP contribution in [0.5, 0.6) is 0 Å². The fraction of sp³-hybridized carbons (Fsp3) is 0.727. The minimum Gasteiger partial charge on any atom is -0.480 e. The van der Waals surface area contributed by atoms with E-state index < -0.39 is 5.97 Å². The van der Waals surface area contributed by atoms with E-state index in [1.165, 1.54) is 11.8 Å². The van der Waals surface area contributed by atoms with E-state index in [2.05, 4.69) is 5.32 Å². The maximum absolute atomic E-state index is 11.8. The Morgan fingerprint density at radius 3 is 2.35 bits per heavy atom. The molecule has 6 nitrogen and oxygen atoms in total. The van der Waals surface area contributed by atoms with Gasteiger partial charge in [-0.15, -0.1) is 0 Å². The Hall–Kier alpha value is -1.59. The number of carbonyl (C=O) groups excluding carboxylic acids is 2. The van der Waals surface area contributed by atoms with Crippen molar-refractivity contribution in [1.82, 2.24) is 10.2 Å². The fourth-order valence-electron chi connectivity index (χ4n) is 2.08. The molecule has 0 heterocycles. The summed E-state index contributed by atoms with van der Waals surface area (Å²) in [6, 6.07) is 0.00681. The number of hydrogen-bond acceptors (Lipinski definition) is 3. The lowest BCUT2D eigenvalue weighted by Crippen LogP contribution is -2.46. The van der Waals surface area contributed by atoms with Crippen LogP contribution >= 0.6 is 0 Å². The molecule has 6 heteroatoms. The van der Waals surface area contributed by atoms with Crippen LogP contribution in [0.15, 0.2) is 0 Å². The van der Waals surface area contributed by atoms with E-state index in [0.717, 1.165) is 25.7 Å². The van der Waals surface area contributed by atoms with E-state index in [0.29, 0.717) is 0 Å². The van der Waals surface area contributed by atoms with Gasteiger partial charge in [-0.1, -0.05) is 12.8 Å². The van der Waals surface area contributed by atoms with Crippen molar-refractivity contribution < 1.29 is 19.5 Å². The molecule has 2 N–H and O–H groups in total. The van der Waals surface area contributed by atoms with Crippen molar-refractivity contribution in [1.29, 1.82) is 0 Å². The van der Waals surface area contributed by atoms with Crippen molar-refractivity contribution >= 4 is 17.8 Å². The van der Waals surface area contributed by atoms with Gasteiger partial charge in [0.25, 0.3) is 0 Å². The SMILES string of the molecule is CC(=O)NCC(=O)N(CC(=O)O)C1CCCC1. The first-order valence-corrected chi connectivity index (χ1v) is 5.76. The quantitative estimate of drug-likeness (QED) is 0.709. The lowest BCUT2D eigenvalue weighted by Gasteiger charge is -2.27. The third-order valence-electron chi connectivity index (χ3n) is 2.88. The molecule has 0 spiro atoms. The highest BCUT2D eigenvalue weighted by molar-refractivity contribution is 5.86. The largest absolute Gasteiger partial charge is 0.480 e. The van der Waals surface area contributed by atoms with Crippen LogP contribution in [0.25, 0.3) is 0 Å². The number of carbonyl (C=O) groups is 3. The molecule has 0 atom stereocenters. The fourth-order valence-corrected chi connectivity index (χ4v) is 2.08. The van der Waals surface area contributed by atoms with Gasteiger partial charge in [-0.2, -0.15) is 0 Å². The van der Waals surface area contributed by atoms with Gasteiger partial charge in [-0.25, -0.2) is 0 Å². The number of carboxylic acid groups (broad SMARTS) is 1. The summed E-state index contributed by atoms with van der Waals surface area (Å²) in [5, 5.41) is 11.2. The van der Waals surface area contributed by atoms with E-state index in [9.17, 15) is 14.4 Å². The van der Waals surface area contributed by atoms with Crippen LogP contribution in [-0.4, -0.2) is 46.9 Å². The van der Waals surface area contributed by atoms with Gasteiger partial charge in [0, 0.05) is 13.0 Å². The van der Waals surface area contributed by atoms with Crippen LogP contribution in [0, 0.1) is 0 Å². The third-order valence-corrected chi connectivity index (χ3v) is 2.88. The van der Waals surface area contributed by atoms with E-state index in [4.69, 9.17) is 5.11 Å². The van der Waals surface area contributed by atoms with Crippen molar-refractivity contribution in [3.05, 3.63) is 0 Å². The first kappa shape index (κ1) is 13.5. The monoisotopic (exact) mass is 242 g/mol. The Bertz CT molecular complexity index is 311. The topological polar surface area (TPSA) is 86.7 Å². The Morgan fingerprint density at radius 1 is 1.29 bits per heavy atom. The molecule has 2 amide bonds. The average Bonchev–Trinajstić information content (AvgIpc) is 2.75. The molecule has 96 valence electrons. The van der Waals surface area contributed by atoms with E-state index in [1.54, 1.807) is 0 Å². The summed E-state index contributed by atoms with van der Waals surface area (Å²) in [4.78, 5) is 34.6. The molecule has 0 aliphatic heterocycles. The van der Waals surface area contributed by atoms with Gasteiger partial charge >= 0.3 is 5.97 Å². The molecule has 1 saturated carbocycles. The highest BCUT2D eigenvalue weighted by atomic mass is 16.4. The van der Waals surface area contributed by atoms with Crippen molar-refractivity contribution in [3.63, 3.8) is 0 Å². The standard InChI is InChI=1S/C11H18N2O4/c1-8(14)12-6-10(15)13(7-11(16)17)9-4-2-3-5-9/h9H,2-7H2,1H3,(H,12,14)(H,16,17). The molecule has 0 aromatic heterocycles. The van der Waals surface area contributed by atoms with Crippen LogP contribution < -0.4 is 5.32 Å². The summed E-state index contributed by atoms with van der Waals surface area (Å²) < 4.78 is 0. The predicted molar refractivity (Wildman–Crippen MR) is 60.3 cm³/mol. The van der Waals surface area contributed by atoms with Crippen molar-refractivity contribution in [2.45, 2.75) is 38.6 Å². The first-order chi connectivity index (χ1) is 8.00. The molecule has 1 aliphatic carbocycles. The van der Waals surface area contributed by atoms with Gasteiger partial charge < -0.3 is 15.3 Å². The zero-order valence-corrected chi connectivity index (χ0v) is 9.94. The summed E-state index contributed by atoms with van der Waals surface area (Å²) in [5.41, 5.74) is 0. The molecule has 1 aliphatic rings. The Balaban J connectivity index is 2.57. The maximum Gasteiger partial charge on any atom is 0.323 e. The van der Waals surface area contributed by atoms with Gasteiger partial charge in [0.1, 0.15) is 6.54 Å². The number of nitrogens with one attached hydrogen (secondary N) is 1. The molecular weight excluding hydrogens is 224 g/mol. The molecule has 0 saturated heterocycles. The summed E-state index contributed by atoms with van der Waals surface area (Å²) in [7, 11) is 0. The van der Waals surface area contributed by atoms with Gasteiger partial charge in [0.2, 0.25) is 11.8 Å². The number of hydrogen-bond donors (Lipinski definition) is 2. The van der Waals surface area contributed by atoms with Crippen molar-refractivity contribution in [2.24, 2.45) is 0 Å². The van der Waals surface area contributed by atoms with Gasteiger partial charge in [-0.05, 0) is 12.8 Å². The normalized spacial score (nSPS) is 15.6. The molecule has 0 unspecified atom stereocenters. The molecule has 0 bridgehead atoms. The highest BCUT2D eigenvalue weighted by Crippen LogP contribution is 2.23. The minimum absolute atomic E-state index is 0.00681. The van der Waals surface area contributed by atoms with Crippen molar-refractivity contribution in [2.75, 3.05) is 13.1 Å². The average molecular weight is 242 g/mol. The Kier molecular flexibility index (Phi) is 4.93. The molecule has 1 rings (SSSR count). The van der Waals surface area contributed by atoms with E-state index >= 15 is 0 Å². The Labute approximate surface area is 100.0 Å². The second-order valence-electron chi connectivity index (χ2n) is 4.26. The van der Waals surface area contributed by atoms with Crippen LogP contribution in [0.3, 0.4) is 0 Å². The molecular formula is C11H18N2O4. The summed E-state index contributed by atoms with van der Waals surface area (Å²) in [6.45, 7) is 0.909. The second kappa shape index (κ2) is 6.22. The third kappa shape index (κ3) is 4.42. The number of aliphatic carboxylic acids is 1. The lowest BCUT2D eigenvalue weighted by atomic mass is 10.2. The zero-order chi connectivity index (χ0) is 12.8. The molecule has 0 aromatic rings. The van der Waals surface area contributed by atoms with Gasteiger partial charge in [0.15, 0.2) is 0 Å². The molecule has 17 heavy (non-hydrogen) atoms. The van der Waals surface area contributed by atoms with Crippen LogP contribution in [0.2, 0.25) is 0 Å². The minimum atomic E-state index is -1.02. The molecule has 0 aromatic carbocycles. The first-order valence-electron chi connectivity index (χ1n) is 5.76. The van der Waals surface area contributed by atoms with Crippen LogP contribution in [0.4, 0.5) is 0 Å². The second-order valence-corrected chi connectivity index (χ2v) is 4.26. The maximum atomic E-state index is 11.8. The lowest BCUT2D eigenvalue weighted by molar-refractivity contribution is -0.146. The molecule has 0 radical (unpaired) electrons. The van der Waals surface area contributed by atoms with E-state index in [1.807, 2.05) is 0 Å². The van der Waals surface area contributed by atoms with Gasteiger partial charge in [-0.3, -0.25) is 14.4 Å². The molecule has 1 fully saturated rings. The number of amides is 2. The van der Waals surface area contributed by atoms with Crippen molar-refractivity contribution in [3.8, 4) is 0 Å². The van der Waals surface area contributed by atoms with Crippen LogP contribution in [-0.2, 0) is 14.4 Å². The summed E-state index contributed by atoms with van der Waals surface area (Å²) >= 11 is 0. The summed E-state index contributed by atoms with van der Waals surface area (Å²) in [5.74, 6) is -1.64. The van der Waals surface area contributed by atoms with E-state index in [-0.39, 0.29) is 30.9 Å². The number of rotatable bonds is 5. The highest BCUT2D eigenvalue weighted by Gasteiger charge is 2.27.